The zero-order valence-electron chi connectivity index (χ0n) is 16.9. The number of carbonyl (C=O) groups is 2. The van der Waals surface area contributed by atoms with Gasteiger partial charge in [-0.25, -0.2) is 0 Å². The van der Waals surface area contributed by atoms with Crippen molar-refractivity contribution in [3.05, 3.63) is 24.3 Å². The van der Waals surface area contributed by atoms with E-state index in [1.165, 1.54) is 0 Å². The van der Waals surface area contributed by atoms with Gasteiger partial charge < -0.3 is 19.5 Å². The number of carbonyl (C=O) groups excluding carboxylic acids is 1. The number of ether oxygens (including phenoxy) is 2. The maximum atomic E-state index is 13.0. The molecule has 1 N–H and O–H groups in total. The van der Waals surface area contributed by atoms with Gasteiger partial charge >= 0.3 is 5.97 Å². The van der Waals surface area contributed by atoms with E-state index in [0.29, 0.717) is 38.4 Å². The minimum Gasteiger partial charge on any atom is -0.486 e. The lowest BCUT2D eigenvalue weighted by molar-refractivity contribution is -0.150. The molecular weight excluding hydrogens is 396 g/mol. The maximum Gasteiger partial charge on any atom is 0.311 e. The highest BCUT2D eigenvalue weighted by Crippen LogP contribution is 2.49. The molecule has 1 amide bonds. The molecule has 0 spiro atoms. The third-order valence-corrected chi connectivity index (χ3v) is 6.65. The summed E-state index contributed by atoms with van der Waals surface area (Å²) in [7, 11) is 1.77. The van der Waals surface area contributed by atoms with E-state index in [2.05, 4.69) is 0 Å². The molecule has 2 fully saturated rings. The number of likely N-dealkylation sites (tertiary alicyclic amines) is 1. The number of rotatable bonds is 5. The first-order valence-corrected chi connectivity index (χ1v) is 10.0. The van der Waals surface area contributed by atoms with Crippen molar-refractivity contribution in [3.63, 3.8) is 0 Å². The summed E-state index contributed by atoms with van der Waals surface area (Å²) in [4.78, 5) is 28.6. The van der Waals surface area contributed by atoms with E-state index in [4.69, 9.17) is 9.47 Å². The Kier molecular flexibility index (Phi) is 6.29. The predicted molar refractivity (Wildman–Crippen MR) is 110 cm³/mol. The van der Waals surface area contributed by atoms with Crippen LogP contribution >= 0.6 is 12.4 Å². The molecule has 0 aromatic heterocycles. The van der Waals surface area contributed by atoms with Crippen molar-refractivity contribution in [2.75, 3.05) is 33.3 Å². The third kappa shape index (κ3) is 3.90. The van der Waals surface area contributed by atoms with E-state index in [1.54, 1.807) is 11.9 Å². The number of benzene rings is 1. The van der Waals surface area contributed by atoms with Crippen LogP contribution in [0, 0.1) is 11.3 Å². The fraction of sp³-hybridized carbons (Fsp3) is 0.619. The van der Waals surface area contributed by atoms with E-state index in [9.17, 15) is 14.7 Å². The zero-order valence-corrected chi connectivity index (χ0v) is 17.7. The first kappa shape index (κ1) is 21.7. The average molecular weight is 425 g/mol. The van der Waals surface area contributed by atoms with Crippen LogP contribution in [0.3, 0.4) is 0 Å². The third-order valence-electron chi connectivity index (χ3n) is 6.65. The molecule has 0 radical (unpaired) electrons. The number of amides is 1. The molecule has 3 aliphatic rings. The first-order valence-electron chi connectivity index (χ1n) is 10.0. The van der Waals surface area contributed by atoms with Gasteiger partial charge in [0.05, 0.1) is 18.0 Å². The summed E-state index contributed by atoms with van der Waals surface area (Å²) in [6, 6.07) is 7.17. The fourth-order valence-electron chi connectivity index (χ4n) is 5.00. The predicted octanol–water partition coefficient (Wildman–Crippen LogP) is 2.28. The van der Waals surface area contributed by atoms with Crippen LogP contribution in [0.4, 0.5) is 0 Å². The molecule has 1 aromatic rings. The Morgan fingerprint density at radius 3 is 2.76 bits per heavy atom. The summed E-state index contributed by atoms with van der Waals surface area (Å²) in [6.07, 6.45) is 2.39. The van der Waals surface area contributed by atoms with Crippen molar-refractivity contribution in [2.24, 2.45) is 11.3 Å². The topological polar surface area (TPSA) is 79.3 Å². The quantitative estimate of drug-likeness (QED) is 0.781. The van der Waals surface area contributed by atoms with Gasteiger partial charge in [-0.05, 0) is 37.8 Å². The molecular formula is C21H29ClN2O5. The van der Waals surface area contributed by atoms with Gasteiger partial charge in [0.1, 0.15) is 6.61 Å². The average Bonchev–Trinajstić information content (AvgIpc) is 3.25. The summed E-state index contributed by atoms with van der Waals surface area (Å²) in [6.45, 7) is 3.85. The van der Waals surface area contributed by atoms with Crippen LogP contribution in [0.25, 0.3) is 0 Å². The van der Waals surface area contributed by atoms with Crippen LogP contribution in [-0.4, -0.2) is 72.2 Å². The highest BCUT2D eigenvalue weighted by Gasteiger charge is 2.56. The van der Waals surface area contributed by atoms with Crippen molar-refractivity contribution < 1.29 is 24.2 Å². The molecule has 1 aromatic carbocycles. The molecule has 1 aliphatic carbocycles. The first-order chi connectivity index (χ1) is 13.4. The standard InChI is InChI=1S/C21H28N2O5.ClH/c1-14(23-10-15-6-5-9-21(15,13-23)20(25)26)19(24)22(2)11-16-12-27-17-7-3-4-8-18(17)28-16;/h3-4,7-8,14-16H,5-6,9-13H2,1-2H3,(H,25,26);1H/t14?,15-,16?,21+;/m0./s1. The lowest BCUT2D eigenvalue weighted by Gasteiger charge is -2.33. The summed E-state index contributed by atoms with van der Waals surface area (Å²) in [5.74, 6) is 0.851. The molecule has 1 saturated heterocycles. The summed E-state index contributed by atoms with van der Waals surface area (Å²) in [5.41, 5.74) is -0.670. The van der Waals surface area contributed by atoms with E-state index >= 15 is 0 Å². The van der Waals surface area contributed by atoms with Crippen molar-refractivity contribution in [1.29, 1.82) is 0 Å². The number of para-hydroxylation sites is 2. The van der Waals surface area contributed by atoms with Gasteiger partial charge in [0.2, 0.25) is 5.91 Å². The van der Waals surface area contributed by atoms with Crippen LogP contribution in [-0.2, 0) is 9.59 Å². The van der Waals surface area contributed by atoms with Crippen LogP contribution in [0.1, 0.15) is 26.2 Å². The highest BCUT2D eigenvalue weighted by molar-refractivity contribution is 5.85. The number of nitrogens with zero attached hydrogens (tertiary/aromatic N) is 2. The van der Waals surface area contributed by atoms with E-state index in [0.717, 1.165) is 18.6 Å². The summed E-state index contributed by atoms with van der Waals surface area (Å²) < 4.78 is 11.7. The molecule has 2 heterocycles. The number of aliphatic carboxylic acids is 1. The number of carboxylic acids is 1. The van der Waals surface area contributed by atoms with Crippen molar-refractivity contribution >= 4 is 24.3 Å². The SMILES string of the molecule is CC(C(=O)N(C)CC1COc2ccccc2O1)N1C[C@@H]2CCC[C@@]2(C(=O)O)C1.Cl. The molecule has 4 rings (SSSR count). The van der Waals surface area contributed by atoms with Gasteiger partial charge in [-0.2, -0.15) is 0 Å². The molecule has 4 atom stereocenters. The van der Waals surface area contributed by atoms with E-state index < -0.39 is 11.4 Å². The smallest absolute Gasteiger partial charge is 0.311 e. The Labute approximate surface area is 177 Å². The molecule has 2 unspecified atom stereocenters. The lowest BCUT2D eigenvalue weighted by Crippen LogP contribution is -2.49. The number of halogens is 1. The van der Waals surface area contributed by atoms with Gasteiger partial charge in [-0.15, -0.1) is 12.4 Å². The molecule has 0 bridgehead atoms. The molecule has 8 heteroatoms. The Balaban J connectivity index is 0.00000240. The van der Waals surface area contributed by atoms with Crippen LogP contribution in [0.2, 0.25) is 0 Å². The minimum absolute atomic E-state index is 0. The number of carboxylic acid groups (broad SMARTS) is 1. The molecule has 1 saturated carbocycles. The second-order valence-electron chi connectivity index (χ2n) is 8.37. The number of fused-ring (bicyclic) bond motifs is 2. The van der Waals surface area contributed by atoms with Crippen molar-refractivity contribution in [2.45, 2.75) is 38.3 Å². The highest BCUT2D eigenvalue weighted by atomic mass is 35.5. The lowest BCUT2D eigenvalue weighted by atomic mass is 9.81. The number of hydrogen-bond acceptors (Lipinski definition) is 5. The maximum absolute atomic E-state index is 13.0. The van der Waals surface area contributed by atoms with Gasteiger partial charge in [0.15, 0.2) is 17.6 Å². The normalized spacial score (nSPS) is 28.9. The van der Waals surface area contributed by atoms with Crippen LogP contribution in [0.5, 0.6) is 11.5 Å². The summed E-state index contributed by atoms with van der Waals surface area (Å²) in [5, 5.41) is 9.77. The number of hydrogen-bond donors (Lipinski definition) is 1. The van der Waals surface area contributed by atoms with Crippen molar-refractivity contribution in [1.82, 2.24) is 9.80 Å². The summed E-state index contributed by atoms with van der Waals surface area (Å²) >= 11 is 0. The van der Waals surface area contributed by atoms with E-state index in [1.807, 2.05) is 36.1 Å². The Hall–Kier alpha value is -1.99. The Morgan fingerprint density at radius 2 is 2.07 bits per heavy atom. The molecule has 7 nitrogen and oxygen atoms in total. The van der Waals surface area contributed by atoms with Gasteiger partial charge in [-0.3, -0.25) is 14.5 Å². The van der Waals surface area contributed by atoms with Crippen molar-refractivity contribution in [3.8, 4) is 11.5 Å². The van der Waals surface area contributed by atoms with Crippen LogP contribution in [0.15, 0.2) is 24.3 Å². The van der Waals surface area contributed by atoms with Crippen LogP contribution < -0.4 is 9.47 Å². The second-order valence-corrected chi connectivity index (χ2v) is 8.37. The largest absolute Gasteiger partial charge is 0.486 e. The zero-order chi connectivity index (χ0) is 19.9. The Bertz CT molecular complexity index is 775. The monoisotopic (exact) mass is 424 g/mol. The molecule has 160 valence electrons. The fourth-order valence-corrected chi connectivity index (χ4v) is 5.00. The van der Waals surface area contributed by atoms with E-state index in [-0.39, 0.29) is 36.4 Å². The number of likely N-dealkylation sites (N-methyl/N-ethyl adjacent to an activating group) is 1. The Morgan fingerprint density at radius 1 is 1.34 bits per heavy atom. The molecule has 29 heavy (non-hydrogen) atoms. The van der Waals surface area contributed by atoms with Gasteiger partial charge in [-0.1, -0.05) is 18.6 Å². The van der Waals surface area contributed by atoms with Gasteiger partial charge in [0, 0.05) is 20.1 Å². The van der Waals surface area contributed by atoms with Gasteiger partial charge in [0.25, 0.3) is 0 Å². The molecule has 2 aliphatic heterocycles. The minimum atomic E-state index is -0.711. The second kappa shape index (κ2) is 8.40.